The lowest BCUT2D eigenvalue weighted by atomic mass is 9.89. The van der Waals surface area contributed by atoms with E-state index in [1.807, 2.05) is 34.6 Å². The Balaban J connectivity index is 0.000000372. The van der Waals surface area contributed by atoms with E-state index in [2.05, 4.69) is 0 Å². The minimum absolute atomic E-state index is 0.275. The van der Waals surface area contributed by atoms with E-state index in [-0.39, 0.29) is 30.8 Å². The number of carboxylic acid groups (broad SMARTS) is 2. The molecule has 0 aromatic heterocycles. The summed E-state index contributed by atoms with van der Waals surface area (Å²) in [5.74, 6) is -3.53. The number of hydrogen-bond donors (Lipinski definition) is 3. The molecule has 15 nitrogen and oxygen atoms in total. The number of carboxylic acids is 2. The lowest BCUT2D eigenvalue weighted by Gasteiger charge is -2.44. The van der Waals surface area contributed by atoms with E-state index >= 15 is 0 Å². The number of aliphatic hydroxyl groups excluding tert-OH is 1. The van der Waals surface area contributed by atoms with Crippen LogP contribution in [0.2, 0.25) is 0 Å². The average molecular weight is 640 g/mol. The minimum Gasteiger partial charge on any atom is -0.488 e. The molecule has 1 atom stereocenters. The molecule has 0 bridgehead atoms. The van der Waals surface area contributed by atoms with Gasteiger partial charge in [0.1, 0.15) is 34.2 Å². The van der Waals surface area contributed by atoms with E-state index in [0.29, 0.717) is 32.2 Å². The first-order valence-corrected chi connectivity index (χ1v) is 14.6. The summed E-state index contributed by atoms with van der Waals surface area (Å²) in [6.07, 6.45) is 0.214. The first kappa shape index (κ1) is 37.0. The minimum atomic E-state index is -1.54. The largest absolute Gasteiger partial charge is 0.488 e. The van der Waals surface area contributed by atoms with Gasteiger partial charge in [-0.1, -0.05) is 0 Å². The molecule has 0 radical (unpaired) electrons. The number of carbonyl (C=O) groups is 4. The average Bonchev–Trinajstić information content (AvgIpc) is 2.86. The molecule has 252 valence electrons. The quantitative estimate of drug-likeness (QED) is 0.290. The summed E-state index contributed by atoms with van der Waals surface area (Å²) in [6.45, 7) is 15.8. The first-order valence-electron chi connectivity index (χ1n) is 14.6. The Labute approximate surface area is 262 Å². The molecule has 2 amide bonds. The van der Waals surface area contributed by atoms with Crippen LogP contribution in [0.25, 0.3) is 0 Å². The van der Waals surface area contributed by atoms with Gasteiger partial charge in [-0.05, 0) is 68.2 Å². The van der Waals surface area contributed by atoms with Crippen molar-refractivity contribution in [2.24, 2.45) is 0 Å². The van der Waals surface area contributed by atoms with E-state index < -0.39 is 62.8 Å². The molecule has 1 unspecified atom stereocenters. The Morgan fingerprint density at radius 2 is 1.33 bits per heavy atom. The molecule has 2 saturated heterocycles. The lowest BCUT2D eigenvalue weighted by molar-refractivity contribution is -0.384. The number of non-ortho nitro benzene ring substituents is 1. The van der Waals surface area contributed by atoms with Crippen LogP contribution < -0.4 is 4.74 Å². The maximum Gasteiger partial charge on any atom is 0.410 e. The van der Waals surface area contributed by atoms with Crippen molar-refractivity contribution in [1.29, 1.82) is 0 Å². The molecule has 2 heterocycles. The highest BCUT2D eigenvalue weighted by molar-refractivity contribution is 6.00. The number of nitro benzene ring substituents is 1. The number of piperidine rings is 2. The van der Waals surface area contributed by atoms with E-state index in [4.69, 9.17) is 14.2 Å². The topological polar surface area (TPSA) is 206 Å². The third-order valence-corrected chi connectivity index (χ3v) is 6.89. The molecule has 0 aliphatic carbocycles. The van der Waals surface area contributed by atoms with Crippen LogP contribution in [0.3, 0.4) is 0 Å². The van der Waals surface area contributed by atoms with Gasteiger partial charge in [0.25, 0.3) is 5.69 Å². The van der Waals surface area contributed by atoms with Gasteiger partial charge in [-0.15, -0.1) is 0 Å². The number of benzene rings is 1. The lowest BCUT2D eigenvalue weighted by Crippen LogP contribution is -2.55. The van der Waals surface area contributed by atoms with E-state index in [9.17, 15) is 44.6 Å². The predicted octanol–water partition coefficient (Wildman–Crippen LogP) is 4.93. The highest BCUT2D eigenvalue weighted by atomic mass is 16.6. The molecule has 0 saturated carbocycles. The Bertz CT molecular complexity index is 1240. The fourth-order valence-corrected chi connectivity index (χ4v) is 4.84. The number of ether oxygens (including phenoxy) is 3. The van der Waals surface area contributed by atoms with Crippen molar-refractivity contribution in [3.05, 3.63) is 33.4 Å². The van der Waals surface area contributed by atoms with Crippen LogP contribution in [0.1, 0.15) is 102 Å². The number of amides is 2. The van der Waals surface area contributed by atoms with E-state index in [1.165, 1.54) is 4.90 Å². The molecule has 2 aliphatic heterocycles. The monoisotopic (exact) mass is 639 g/mol. The number of aromatic carboxylic acids is 2. The van der Waals surface area contributed by atoms with Crippen LogP contribution in [0.4, 0.5) is 15.3 Å². The van der Waals surface area contributed by atoms with Crippen molar-refractivity contribution in [2.45, 2.75) is 110 Å². The normalized spacial score (nSPS) is 18.6. The second kappa shape index (κ2) is 14.3. The van der Waals surface area contributed by atoms with Gasteiger partial charge in [0.15, 0.2) is 0 Å². The van der Waals surface area contributed by atoms with Crippen LogP contribution in [0.5, 0.6) is 5.75 Å². The summed E-state index contributed by atoms with van der Waals surface area (Å²) in [7, 11) is 0. The Morgan fingerprint density at radius 3 is 1.73 bits per heavy atom. The number of likely N-dealkylation sites (tertiary alicyclic amines) is 2. The third kappa shape index (κ3) is 11.1. The van der Waals surface area contributed by atoms with Crippen LogP contribution >= 0.6 is 0 Å². The standard InChI is InChI=1S/C18H22N2O9.C12H23NO3/c1-18(2,3)29-17(25)19-6-4-11(5-7-19)28-14-12(15(21)22)8-10(20(26)27)9-13(14)16(23)24;1-11(2,3)16-10(15)13-7-6-9(14)8-12(13,4)5/h8-9,11H,4-7H2,1-3H3,(H,21,22)(H,23,24);9,14H,6-8H2,1-5H3. The van der Waals surface area contributed by atoms with Gasteiger partial charge in [0.05, 0.1) is 11.0 Å². The summed E-state index contributed by atoms with van der Waals surface area (Å²) in [6, 6.07) is 1.53. The van der Waals surface area contributed by atoms with Crippen LogP contribution in [-0.2, 0) is 9.47 Å². The summed E-state index contributed by atoms with van der Waals surface area (Å²) >= 11 is 0. The molecular formula is C30H45N3O12. The fraction of sp³-hybridized carbons (Fsp3) is 0.667. The molecule has 2 aliphatic rings. The smallest absolute Gasteiger partial charge is 0.410 e. The van der Waals surface area contributed by atoms with Gasteiger partial charge in [-0.25, -0.2) is 19.2 Å². The first-order chi connectivity index (χ1) is 20.5. The van der Waals surface area contributed by atoms with Crippen LogP contribution in [-0.4, -0.2) is 103 Å². The van der Waals surface area contributed by atoms with Crippen molar-refractivity contribution in [2.75, 3.05) is 19.6 Å². The Hall–Kier alpha value is -4.14. The molecule has 3 rings (SSSR count). The molecule has 1 aromatic carbocycles. The van der Waals surface area contributed by atoms with E-state index in [1.54, 1.807) is 25.7 Å². The molecule has 2 fully saturated rings. The predicted molar refractivity (Wildman–Crippen MR) is 161 cm³/mol. The number of aliphatic hydroxyl groups is 1. The zero-order valence-corrected chi connectivity index (χ0v) is 27.1. The number of rotatable bonds is 5. The number of nitrogens with zero attached hydrogens (tertiary/aromatic N) is 3. The van der Waals surface area contributed by atoms with Crippen LogP contribution in [0, 0.1) is 10.1 Å². The molecule has 15 heteroatoms. The molecule has 45 heavy (non-hydrogen) atoms. The molecular weight excluding hydrogens is 594 g/mol. The van der Waals surface area contributed by atoms with Crippen molar-refractivity contribution < 1.29 is 53.6 Å². The highest BCUT2D eigenvalue weighted by Crippen LogP contribution is 2.33. The zero-order valence-electron chi connectivity index (χ0n) is 27.1. The van der Waals surface area contributed by atoms with E-state index in [0.717, 1.165) is 12.1 Å². The van der Waals surface area contributed by atoms with Crippen LogP contribution in [0.15, 0.2) is 12.1 Å². The molecule has 0 spiro atoms. The Morgan fingerprint density at radius 1 is 0.867 bits per heavy atom. The van der Waals surface area contributed by atoms with Crippen molar-refractivity contribution in [3.63, 3.8) is 0 Å². The number of carbonyl (C=O) groups excluding carboxylic acids is 2. The molecule has 3 N–H and O–H groups in total. The number of hydrogen-bond acceptors (Lipinski definition) is 10. The van der Waals surface area contributed by atoms with Crippen molar-refractivity contribution in [1.82, 2.24) is 9.80 Å². The van der Waals surface area contributed by atoms with Gasteiger partial charge in [0, 0.05) is 50.1 Å². The third-order valence-electron chi connectivity index (χ3n) is 6.89. The maximum absolute atomic E-state index is 12.1. The van der Waals surface area contributed by atoms with Gasteiger partial charge >= 0.3 is 24.1 Å². The SMILES string of the molecule is CC(C)(C)OC(=O)N1CCC(O)CC1(C)C.CC(C)(C)OC(=O)N1CCC(Oc2c(C(=O)O)cc([N+](=O)[O-])cc2C(=O)O)CC1. The maximum atomic E-state index is 12.1. The summed E-state index contributed by atoms with van der Waals surface area (Å²) < 4.78 is 16.3. The molecule has 1 aromatic rings. The van der Waals surface area contributed by atoms with Gasteiger partial charge < -0.3 is 39.3 Å². The zero-order chi connectivity index (χ0) is 34.5. The second-order valence-corrected chi connectivity index (χ2v) is 13.6. The van der Waals surface area contributed by atoms with Gasteiger partial charge in [0.2, 0.25) is 0 Å². The number of nitro groups is 1. The summed E-state index contributed by atoms with van der Waals surface area (Å²) in [4.78, 5) is 60.4. The highest BCUT2D eigenvalue weighted by Gasteiger charge is 2.39. The summed E-state index contributed by atoms with van der Waals surface area (Å²) in [5.41, 5.74) is -3.32. The Kier molecular flexibility index (Phi) is 11.8. The second-order valence-electron chi connectivity index (χ2n) is 13.6. The van der Waals surface area contributed by atoms with Gasteiger partial charge in [-0.3, -0.25) is 10.1 Å². The van der Waals surface area contributed by atoms with Gasteiger partial charge in [-0.2, -0.15) is 0 Å². The van der Waals surface area contributed by atoms with Crippen molar-refractivity contribution >= 4 is 29.8 Å². The fourth-order valence-electron chi connectivity index (χ4n) is 4.84. The summed E-state index contributed by atoms with van der Waals surface area (Å²) in [5, 5.41) is 39.3. The van der Waals surface area contributed by atoms with Crippen molar-refractivity contribution in [3.8, 4) is 5.75 Å².